The van der Waals surface area contributed by atoms with E-state index < -0.39 is 11.5 Å². The zero-order chi connectivity index (χ0) is 14.0. The number of aromatic nitrogens is 1. The summed E-state index contributed by atoms with van der Waals surface area (Å²) in [6.07, 6.45) is 0.349. The van der Waals surface area contributed by atoms with Gasteiger partial charge in [-0.25, -0.2) is 9.78 Å². The molecule has 1 fully saturated rings. The standard InChI is InChI=1S/C13H15N3O3/c1-8-5-9(2)15-11(10(8)6-14)16-13(12(17)18)3-4-19-7-13/h5H,3-4,7H2,1-2H3,(H,15,16)(H,17,18). The summed E-state index contributed by atoms with van der Waals surface area (Å²) in [7, 11) is 0. The van der Waals surface area contributed by atoms with Gasteiger partial charge in [-0.05, 0) is 25.5 Å². The summed E-state index contributed by atoms with van der Waals surface area (Å²) in [5.74, 6) is -0.678. The first-order valence-corrected chi connectivity index (χ1v) is 5.96. The van der Waals surface area contributed by atoms with Crippen LogP contribution in [-0.4, -0.2) is 34.8 Å². The maximum absolute atomic E-state index is 11.4. The van der Waals surface area contributed by atoms with Crippen molar-refractivity contribution in [3.05, 3.63) is 22.9 Å². The minimum Gasteiger partial charge on any atom is -0.479 e. The molecule has 1 aliphatic rings. The average Bonchev–Trinajstić information content (AvgIpc) is 2.78. The molecular weight excluding hydrogens is 246 g/mol. The molecule has 6 nitrogen and oxygen atoms in total. The predicted molar refractivity (Wildman–Crippen MR) is 67.9 cm³/mol. The molecule has 0 aliphatic carbocycles. The Labute approximate surface area is 111 Å². The van der Waals surface area contributed by atoms with Crippen LogP contribution in [0.5, 0.6) is 0 Å². The number of rotatable bonds is 3. The van der Waals surface area contributed by atoms with Gasteiger partial charge < -0.3 is 15.2 Å². The van der Waals surface area contributed by atoms with Crippen molar-refractivity contribution in [1.82, 2.24) is 4.98 Å². The van der Waals surface area contributed by atoms with Crippen molar-refractivity contribution in [2.24, 2.45) is 0 Å². The number of anilines is 1. The number of ether oxygens (including phenoxy) is 1. The highest BCUT2D eigenvalue weighted by Crippen LogP contribution is 2.27. The van der Waals surface area contributed by atoms with E-state index in [0.29, 0.717) is 24.4 Å². The lowest BCUT2D eigenvalue weighted by Gasteiger charge is -2.25. The Morgan fingerprint density at radius 1 is 1.63 bits per heavy atom. The molecule has 1 aromatic rings. The van der Waals surface area contributed by atoms with E-state index in [1.807, 2.05) is 0 Å². The van der Waals surface area contributed by atoms with Gasteiger partial charge >= 0.3 is 5.97 Å². The number of nitrogens with one attached hydrogen (secondary N) is 1. The van der Waals surface area contributed by atoms with E-state index in [0.717, 1.165) is 11.3 Å². The van der Waals surface area contributed by atoms with E-state index in [4.69, 9.17) is 4.74 Å². The van der Waals surface area contributed by atoms with Gasteiger partial charge in [0.05, 0.1) is 12.2 Å². The van der Waals surface area contributed by atoms with Crippen molar-refractivity contribution >= 4 is 11.8 Å². The SMILES string of the molecule is Cc1cc(C)c(C#N)c(NC2(C(=O)O)CCOC2)n1. The van der Waals surface area contributed by atoms with E-state index in [1.165, 1.54) is 0 Å². The van der Waals surface area contributed by atoms with Gasteiger partial charge in [0.2, 0.25) is 0 Å². The lowest BCUT2D eigenvalue weighted by Crippen LogP contribution is -2.47. The molecule has 19 heavy (non-hydrogen) atoms. The van der Waals surface area contributed by atoms with E-state index in [2.05, 4.69) is 16.4 Å². The molecule has 0 amide bonds. The van der Waals surface area contributed by atoms with Crippen LogP contribution in [-0.2, 0) is 9.53 Å². The number of carbonyl (C=O) groups is 1. The van der Waals surface area contributed by atoms with Crippen molar-refractivity contribution in [1.29, 1.82) is 5.26 Å². The Morgan fingerprint density at radius 3 is 2.89 bits per heavy atom. The Balaban J connectivity index is 2.43. The van der Waals surface area contributed by atoms with E-state index in [-0.39, 0.29) is 6.61 Å². The fourth-order valence-corrected chi connectivity index (χ4v) is 2.18. The molecule has 1 atom stereocenters. The first-order chi connectivity index (χ1) is 8.98. The van der Waals surface area contributed by atoms with Crippen LogP contribution in [0.2, 0.25) is 0 Å². The summed E-state index contributed by atoms with van der Waals surface area (Å²) >= 11 is 0. The fraction of sp³-hybridized carbons (Fsp3) is 0.462. The van der Waals surface area contributed by atoms with Gasteiger partial charge in [-0.3, -0.25) is 0 Å². The van der Waals surface area contributed by atoms with E-state index >= 15 is 0 Å². The van der Waals surface area contributed by atoms with Crippen molar-refractivity contribution in [2.45, 2.75) is 25.8 Å². The molecule has 1 saturated heterocycles. The minimum absolute atomic E-state index is 0.0713. The third kappa shape index (κ3) is 2.37. The van der Waals surface area contributed by atoms with Crippen LogP contribution in [0.3, 0.4) is 0 Å². The summed E-state index contributed by atoms with van der Waals surface area (Å²) in [6.45, 7) is 4.06. The monoisotopic (exact) mass is 261 g/mol. The van der Waals surface area contributed by atoms with Crippen molar-refractivity contribution in [3.8, 4) is 6.07 Å². The molecular formula is C13H15N3O3. The summed E-state index contributed by atoms with van der Waals surface area (Å²) in [6, 6.07) is 3.86. The summed E-state index contributed by atoms with van der Waals surface area (Å²) in [5.41, 5.74) is 0.687. The predicted octanol–water partition coefficient (Wildman–Crippen LogP) is 1.23. The van der Waals surface area contributed by atoms with Crippen molar-refractivity contribution in [3.63, 3.8) is 0 Å². The topological polar surface area (TPSA) is 95.2 Å². The Kier molecular flexibility index (Phi) is 3.40. The highest BCUT2D eigenvalue weighted by atomic mass is 16.5. The molecule has 0 aromatic carbocycles. The number of carboxylic acids is 1. The minimum atomic E-state index is -1.20. The molecule has 0 radical (unpaired) electrons. The number of carboxylic acid groups (broad SMARTS) is 1. The van der Waals surface area contributed by atoms with Crippen LogP contribution < -0.4 is 5.32 Å². The van der Waals surface area contributed by atoms with Crippen LogP contribution in [0.1, 0.15) is 23.2 Å². The fourth-order valence-electron chi connectivity index (χ4n) is 2.18. The lowest BCUT2D eigenvalue weighted by molar-refractivity contribution is -0.142. The summed E-state index contributed by atoms with van der Waals surface area (Å²) in [5, 5.41) is 21.4. The van der Waals surface area contributed by atoms with E-state index in [1.54, 1.807) is 19.9 Å². The van der Waals surface area contributed by atoms with Gasteiger partial charge in [-0.2, -0.15) is 5.26 Å². The highest BCUT2D eigenvalue weighted by molar-refractivity contribution is 5.83. The van der Waals surface area contributed by atoms with Crippen LogP contribution in [0, 0.1) is 25.2 Å². The molecule has 1 aliphatic heterocycles. The van der Waals surface area contributed by atoms with Gasteiger partial charge in [-0.1, -0.05) is 0 Å². The zero-order valence-corrected chi connectivity index (χ0v) is 10.9. The maximum Gasteiger partial charge on any atom is 0.331 e. The molecule has 2 N–H and O–H groups in total. The highest BCUT2D eigenvalue weighted by Gasteiger charge is 2.43. The molecule has 0 bridgehead atoms. The van der Waals surface area contributed by atoms with Gasteiger partial charge in [0.25, 0.3) is 0 Å². The van der Waals surface area contributed by atoms with Crippen LogP contribution >= 0.6 is 0 Å². The first kappa shape index (κ1) is 13.3. The van der Waals surface area contributed by atoms with Gasteiger partial charge in [-0.15, -0.1) is 0 Å². The second-order valence-electron chi connectivity index (χ2n) is 4.73. The number of hydrogen-bond donors (Lipinski definition) is 2. The number of aryl methyl sites for hydroxylation is 2. The zero-order valence-electron chi connectivity index (χ0n) is 10.9. The molecule has 1 aromatic heterocycles. The summed E-state index contributed by atoms with van der Waals surface area (Å²) < 4.78 is 5.17. The summed E-state index contributed by atoms with van der Waals surface area (Å²) in [4.78, 5) is 15.7. The average molecular weight is 261 g/mol. The second kappa shape index (κ2) is 4.86. The van der Waals surface area contributed by atoms with Gasteiger partial charge in [0.1, 0.15) is 11.9 Å². The Morgan fingerprint density at radius 2 is 2.37 bits per heavy atom. The molecule has 0 saturated carbocycles. The molecule has 2 rings (SSSR count). The molecule has 1 unspecified atom stereocenters. The Hall–Kier alpha value is -2.13. The van der Waals surface area contributed by atoms with Gasteiger partial charge in [0, 0.05) is 18.7 Å². The second-order valence-corrected chi connectivity index (χ2v) is 4.73. The molecule has 6 heteroatoms. The normalized spacial score (nSPS) is 21.9. The lowest BCUT2D eigenvalue weighted by atomic mass is 9.98. The number of pyridine rings is 1. The van der Waals surface area contributed by atoms with E-state index in [9.17, 15) is 15.2 Å². The van der Waals surface area contributed by atoms with Crippen LogP contribution in [0.15, 0.2) is 6.07 Å². The van der Waals surface area contributed by atoms with Gasteiger partial charge in [0.15, 0.2) is 5.54 Å². The number of aliphatic carboxylic acids is 1. The quantitative estimate of drug-likeness (QED) is 0.849. The first-order valence-electron chi connectivity index (χ1n) is 5.96. The maximum atomic E-state index is 11.4. The Bertz CT molecular complexity index is 557. The molecule has 2 heterocycles. The number of hydrogen-bond acceptors (Lipinski definition) is 5. The molecule has 0 spiro atoms. The largest absolute Gasteiger partial charge is 0.479 e. The third-order valence-corrected chi connectivity index (χ3v) is 3.25. The van der Waals surface area contributed by atoms with Crippen LogP contribution in [0.25, 0.3) is 0 Å². The van der Waals surface area contributed by atoms with Crippen molar-refractivity contribution < 1.29 is 14.6 Å². The van der Waals surface area contributed by atoms with Crippen LogP contribution in [0.4, 0.5) is 5.82 Å². The third-order valence-electron chi connectivity index (χ3n) is 3.25. The number of nitriles is 1. The molecule has 100 valence electrons. The number of nitrogens with zero attached hydrogens (tertiary/aromatic N) is 2. The smallest absolute Gasteiger partial charge is 0.331 e. The van der Waals surface area contributed by atoms with Crippen molar-refractivity contribution in [2.75, 3.05) is 18.5 Å².